The van der Waals surface area contributed by atoms with Gasteiger partial charge in [-0.25, -0.2) is 4.99 Å². The molecule has 0 amide bonds. The predicted octanol–water partition coefficient (Wildman–Crippen LogP) is 2.96. The molecule has 0 radical (unpaired) electrons. The highest BCUT2D eigenvalue weighted by molar-refractivity contribution is 14.0. The summed E-state index contributed by atoms with van der Waals surface area (Å²) in [5, 5.41) is 13.2. The van der Waals surface area contributed by atoms with Crippen LogP contribution >= 0.6 is 24.0 Å². The van der Waals surface area contributed by atoms with Crippen LogP contribution in [0, 0.1) is 0 Å². The number of hydrogen-bond donors (Lipinski definition) is 3. The van der Waals surface area contributed by atoms with Crippen molar-refractivity contribution in [3.8, 4) is 23.0 Å². The third kappa shape index (κ3) is 4.88. The number of rotatable bonds is 5. The van der Waals surface area contributed by atoms with Crippen molar-refractivity contribution < 1.29 is 19.3 Å². The van der Waals surface area contributed by atoms with Crippen LogP contribution in [0.15, 0.2) is 41.4 Å². The number of nitrogens with two attached hydrogens (primary N) is 1. The first-order valence-corrected chi connectivity index (χ1v) is 8.34. The van der Waals surface area contributed by atoms with E-state index in [-0.39, 0.29) is 35.8 Å². The average molecular weight is 485 g/mol. The Labute approximate surface area is 175 Å². The molecule has 1 aliphatic rings. The van der Waals surface area contributed by atoms with E-state index in [9.17, 15) is 5.11 Å². The van der Waals surface area contributed by atoms with Gasteiger partial charge in [0.2, 0.25) is 5.75 Å². The van der Waals surface area contributed by atoms with Crippen molar-refractivity contribution in [2.24, 2.45) is 10.7 Å². The number of hydrogen-bond acceptors (Lipinski definition) is 5. The quantitative estimate of drug-likeness (QED) is 0.342. The lowest BCUT2D eigenvalue weighted by molar-refractivity contribution is 0.262. The van der Waals surface area contributed by atoms with E-state index >= 15 is 0 Å². The molecular formula is C19H24IN3O4. The van der Waals surface area contributed by atoms with Gasteiger partial charge in [0.05, 0.1) is 33.4 Å². The van der Waals surface area contributed by atoms with Crippen LogP contribution in [0.5, 0.6) is 23.0 Å². The highest BCUT2D eigenvalue weighted by Crippen LogP contribution is 2.37. The van der Waals surface area contributed by atoms with Crippen molar-refractivity contribution in [2.45, 2.75) is 19.0 Å². The van der Waals surface area contributed by atoms with Gasteiger partial charge in [0, 0.05) is 12.0 Å². The minimum absolute atomic E-state index is 0. The van der Waals surface area contributed by atoms with Crippen LogP contribution < -0.4 is 25.3 Å². The van der Waals surface area contributed by atoms with Crippen LogP contribution in [-0.2, 0) is 6.54 Å². The van der Waals surface area contributed by atoms with E-state index in [1.807, 2.05) is 24.3 Å². The number of nitrogens with zero attached hydrogens (tertiary/aromatic N) is 1. The molecule has 0 aliphatic carbocycles. The monoisotopic (exact) mass is 485 g/mol. The molecular weight excluding hydrogens is 461 g/mol. The summed E-state index contributed by atoms with van der Waals surface area (Å²) < 4.78 is 16.0. The van der Waals surface area contributed by atoms with Gasteiger partial charge in [-0.2, -0.15) is 0 Å². The molecule has 0 fully saturated rings. The fourth-order valence-corrected chi connectivity index (χ4v) is 2.93. The number of nitrogens with one attached hydrogen (secondary N) is 1. The number of aliphatic imine (C=N–C) groups is 1. The lowest BCUT2D eigenvalue weighted by atomic mass is 10.0. The molecule has 7 nitrogen and oxygen atoms in total. The largest absolute Gasteiger partial charge is 0.502 e. The molecule has 0 spiro atoms. The second kappa shape index (κ2) is 9.54. The molecule has 1 atom stereocenters. The van der Waals surface area contributed by atoms with Crippen molar-refractivity contribution >= 4 is 29.9 Å². The summed E-state index contributed by atoms with van der Waals surface area (Å²) in [5.41, 5.74) is 7.95. The molecule has 2 aromatic carbocycles. The zero-order chi connectivity index (χ0) is 18.5. The van der Waals surface area contributed by atoms with Crippen LogP contribution in [0.25, 0.3) is 0 Å². The second-order valence-corrected chi connectivity index (χ2v) is 5.92. The van der Waals surface area contributed by atoms with Crippen molar-refractivity contribution in [3.05, 3.63) is 47.5 Å². The van der Waals surface area contributed by atoms with Gasteiger partial charge >= 0.3 is 0 Å². The molecule has 2 aromatic rings. The second-order valence-electron chi connectivity index (χ2n) is 5.92. The number of fused-ring (bicyclic) bond motifs is 1. The number of para-hydroxylation sites is 1. The Hall–Kier alpha value is -2.36. The van der Waals surface area contributed by atoms with Gasteiger partial charge < -0.3 is 30.4 Å². The van der Waals surface area contributed by atoms with Crippen LogP contribution in [0.3, 0.4) is 0 Å². The highest BCUT2D eigenvalue weighted by Gasteiger charge is 2.21. The summed E-state index contributed by atoms with van der Waals surface area (Å²) >= 11 is 0. The molecule has 3 rings (SSSR count). The number of ether oxygens (including phenoxy) is 3. The fraction of sp³-hybridized carbons (Fsp3) is 0.316. The average Bonchev–Trinajstić information content (AvgIpc) is 2.67. The van der Waals surface area contributed by atoms with Gasteiger partial charge in [0.25, 0.3) is 0 Å². The third-order valence-electron chi connectivity index (χ3n) is 4.25. The van der Waals surface area contributed by atoms with E-state index < -0.39 is 0 Å². The maximum Gasteiger partial charge on any atom is 0.200 e. The van der Waals surface area contributed by atoms with Gasteiger partial charge in [-0.15, -0.1) is 24.0 Å². The van der Waals surface area contributed by atoms with E-state index in [1.54, 1.807) is 12.1 Å². The summed E-state index contributed by atoms with van der Waals surface area (Å²) in [7, 11) is 2.97. The number of phenolic OH excluding ortho intramolecular Hbond substituents is 1. The fourth-order valence-electron chi connectivity index (χ4n) is 2.93. The van der Waals surface area contributed by atoms with E-state index in [1.165, 1.54) is 14.2 Å². The predicted molar refractivity (Wildman–Crippen MR) is 114 cm³/mol. The lowest BCUT2D eigenvalue weighted by Gasteiger charge is -2.26. The maximum absolute atomic E-state index is 9.97. The van der Waals surface area contributed by atoms with Crippen molar-refractivity contribution in [1.29, 1.82) is 0 Å². The Morgan fingerprint density at radius 2 is 1.93 bits per heavy atom. The van der Waals surface area contributed by atoms with Crippen molar-refractivity contribution in [2.75, 3.05) is 20.8 Å². The van der Waals surface area contributed by atoms with E-state index in [4.69, 9.17) is 19.9 Å². The number of halogens is 1. The minimum atomic E-state index is -0.0346. The van der Waals surface area contributed by atoms with Gasteiger partial charge in [-0.1, -0.05) is 18.2 Å². The molecule has 1 heterocycles. The van der Waals surface area contributed by atoms with E-state index in [0.717, 1.165) is 23.3 Å². The molecule has 146 valence electrons. The SMILES string of the molecule is COc1cc(CN=C(N)NC2CCOc3ccccc32)cc(OC)c1O.I. The summed E-state index contributed by atoms with van der Waals surface area (Å²) in [4.78, 5) is 4.39. The number of methoxy groups -OCH3 is 2. The molecule has 4 N–H and O–H groups in total. The first-order chi connectivity index (χ1) is 12.6. The van der Waals surface area contributed by atoms with Crippen molar-refractivity contribution in [3.63, 3.8) is 0 Å². The summed E-state index contributed by atoms with van der Waals surface area (Å²) in [5.74, 6) is 1.85. The summed E-state index contributed by atoms with van der Waals surface area (Å²) in [6.45, 7) is 0.963. The summed E-state index contributed by atoms with van der Waals surface area (Å²) in [6, 6.07) is 11.4. The van der Waals surface area contributed by atoms with Gasteiger partial charge in [0.15, 0.2) is 17.5 Å². The van der Waals surface area contributed by atoms with Crippen LogP contribution in [0.2, 0.25) is 0 Å². The van der Waals surface area contributed by atoms with Gasteiger partial charge in [-0.3, -0.25) is 0 Å². The van der Waals surface area contributed by atoms with Crippen LogP contribution in [-0.4, -0.2) is 31.9 Å². The maximum atomic E-state index is 9.97. The Morgan fingerprint density at radius 1 is 1.26 bits per heavy atom. The van der Waals surface area contributed by atoms with Crippen LogP contribution in [0.4, 0.5) is 0 Å². The third-order valence-corrected chi connectivity index (χ3v) is 4.25. The molecule has 0 saturated heterocycles. The molecule has 8 heteroatoms. The first kappa shape index (κ1) is 20.9. The lowest BCUT2D eigenvalue weighted by Crippen LogP contribution is -2.37. The van der Waals surface area contributed by atoms with Crippen molar-refractivity contribution in [1.82, 2.24) is 5.32 Å². The summed E-state index contributed by atoms with van der Waals surface area (Å²) in [6.07, 6.45) is 0.814. The highest BCUT2D eigenvalue weighted by atomic mass is 127. The molecule has 0 bridgehead atoms. The molecule has 1 unspecified atom stereocenters. The topological polar surface area (TPSA) is 98.3 Å². The van der Waals surface area contributed by atoms with E-state index in [2.05, 4.69) is 10.3 Å². The Morgan fingerprint density at radius 3 is 2.59 bits per heavy atom. The number of guanidine groups is 1. The zero-order valence-electron chi connectivity index (χ0n) is 15.3. The van der Waals surface area contributed by atoms with Gasteiger partial charge in [0.1, 0.15) is 5.75 Å². The molecule has 1 aliphatic heterocycles. The molecule has 0 saturated carbocycles. The Balaban J connectivity index is 0.00000261. The Bertz CT molecular complexity index is 788. The zero-order valence-corrected chi connectivity index (χ0v) is 17.6. The number of phenols is 1. The number of benzene rings is 2. The van der Waals surface area contributed by atoms with Crippen LogP contribution in [0.1, 0.15) is 23.6 Å². The Kier molecular flexibility index (Phi) is 7.40. The molecule has 0 aromatic heterocycles. The normalized spacial score (nSPS) is 15.8. The van der Waals surface area contributed by atoms with E-state index in [0.29, 0.717) is 30.6 Å². The smallest absolute Gasteiger partial charge is 0.200 e. The number of aromatic hydroxyl groups is 1. The molecule has 27 heavy (non-hydrogen) atoms. The standard InChI is InChI=1S/C19H23N3O4.HI/c1-24-16-9-12(10-17(25-2)18(16)23)11-21-19(20)22-14-7-8-26-15-6-4-3-5-13(14)15;/h3-6,9-10,14,23H,7-8,11H2,1-2H3,(H3,20,21,22);1H. The first-order valence-electron chi connectivity index (χ1n) is 8.34. The minimum Gasteiger partial charge on any atom is -0.502 e. The van der Waals surface area contributed by atoms with Gasteiger partial charge in [-0.05, 0) is 23.8 Å².